The maximum Gasteiger partial charge on any atom is 0.328 e. The van der Waals surface area contributed by atoms with Crippen molar-refractivity contribution in [2.24, 2.45) is 5.92 Å². The summed E-state index contributed by atoms with van der Waals surface area (Å²) in [5.41, 5.74) is 0.966. The van der Waals surface area contributed by atoms with E-state index in [0.717, 1.165) is 27.1 Å². The van der Waals surface area contributed by atoms with Gasteiger partial charge in [0, 0.05) is 6.42 Å². The fourth-order valence-electron chi connectivity index (χ4n) is 3.69. The average Bonchev–Trinajstić information content (AvgIpc) is 2.71. The molecule has 0 heterocycles. The first-order chi connectivity index (χ1) is 13.9. The van der Waals surface area contributed by atoms with Crippen LogP contribution in [-0.2, 0) is 20.7 Å². The number of fused-ring (bicyclic) bond motifs is 2. The van der Waals surface area contributed by atoms with Crippen molar-refractivity contribution in [3.63, 3.8) is 0 Å². The number of esters is 1. The predicted molar refractivity (Wildman–Crippen MR) is 115 cm³/mol. The molecule has 29 heavy (non-hydrogen) atoms. The predicted octanol–water partition coefficient (Wildman–Crippen LogP) is 3.60. The van der Waals surface area contributed by atoms with Crippen LogP contribution < -0.4 is 5.32 Å². The number of methoxy groups -OCH3 is 1. The summed E-state index contributed by atoms with van der Waals surface area (Å²) in [6, 6.07) is 17.2. The van der Waals surface area contributed by atoms with Gasteiger partial charge in [-0.3, -0.25) is 4.79 Å². The Morgan fingerprint density at radius 3 is 2.07 bits per heavy atom. The Kier molecular flexibility index (Phi) is 6.49. The van der Waals surface area contributed by atoms with Crippen LogP contribution in [0.2, 0.25) is 0 Å². The number of hydrogen-bond acceptors (Lipinski definition) is 4. The molecule has 0 aromatic heterocycles. The minimum absolute atomic E-state index is 0.161. The molecule has 0 saturated heterocycles. The first-order valence-electron chi connectivity index (χ1n) is 9.86. The van der Waals surface area contributed by atoms with Crippen LogP contribution >= 0.6 is 0 Å². The molecule has 3 rings (SSSR count). The van der Waals surface area contributed by atoms with Crippen LogP contribution in [0.3, 0.4) is 0 Å². The van der Waals surface area contributed by atoms with E-state index in [0.29, 0.717) is 6.42 Å². The molecule has 2 atom stereocenters. The van der Waals surface area contributed by atoms with E-state index in [1.165, 1.54) is 7.11 Å². The molecule has 3 aromatic carbocycles. The molecule has 0 saturated carbocycles. The van der Waals surface area contributed by atoms with Crippen LogP contribution in [0.4, 0.5) is 0 Å². The van der Waals surface area contributed by atoms with Crippen LogP contribution in [0.25, 0.3) is 21.5 Å². The maximum atomic E-state index is 12.5. The second-order valence-electron chi connectivity index (χ2n) is 7.73. The van der Waals surface area contributed by atoms with Gasteiger partial charge in [0.2, 0.25) is 5.91 Å². The van der Waals surface area contributed by atoms with Gasteiger partial charge in [-0.15, -0.1) is 0 Å². The topological polar surface area (TPSA) is 75.6 Å². The van der Waals surface area contributed by atoms with E-state index in [4.69, 9.17) is 4.74 Å². The van der Waals surface area contributed by atoms with Crippen molar-refractivity contribution in [2.75, 3.05) is 7.11 Å². The van der Waals surface area contributed by atoms with Crippen molar-refractivity contribution in [2.45, 2.75) is 38.8 Å². The fraction of sp³-hybridized carbons (Fsp3) is 0.333. The Hall–Kier alpha value is -2.92. The summed E-state index contributed by atoms with van der Waals surface area (Å²) >= 11 is 0. The molecule has 0 spiro atoms. The summed E-state index contributed by atoms with van der Waals surface area (Å²) in [5, 5.41) is 17.0. The van der Waals surface area contributed by atoms with Crippen molar-refractivity contribution < 1.29 is 19.4 Å². The first-order valence-corrected chi connectivity index (χ1v) is 9.86. The zero-order valence-electron chi connectivity index (χ0n) is 17.0. The first kappa shape index (κ1) is 20.8. The van der Waals surface area contributed by atoms with E-state index in [1.807, 2.05) is 62.4 Å². The second-order valence-corrected chi connectivity index (χ2v) is 7.73. The Balaban J connectivity index is 2.00. The Labute approximate surface area is 170 Å². The highest BCUT2D eigenvalue weighted by Gasteiger charge is 2.27. The summed E-state index contributed by atoms with van der Waals surface area (Å²) in [6.07, 6.45) is -0.558. The van der Waals surface area contributed by atoms with E-state index in [9.17, 15) is 14.7 Å². The lowest BCUT2D eigenvalue weighted by molar-refractivity contribution is -0.146. The number of carbonyl (C=O) groups is 2. The molecular formula is C24H27NO4. The Morgan fingerprint density at radius 2 is 1.55 bits per heavy atom. The molecule has 1 amide bonds. The van der Waals surface area contributed by atoms with Crippen molar-refractivity contribution in [3.05, 3.63) is 60.2 Å². The SMILES string of the molecule is COC(=O)[C@H](Cc1c2ccccc2cc2ccccc12)NC(=O)[C@H](O)CC(C)C. The van der Waals surface area contributed by atoms with Crippen molar-refractivity contribution >= 4 is 33.4 Å². The van der Waals surface area contributed by atoms with Crippen molar-refractivity contribution in [1.82, 2.24) is 5.32 Å². The number of carbonyl (C=O) groups excluding carboxylic acids is 2. The van der Waals surface area contributed by atoms with Crippen molar-refractivity contribution in [3.8, 4) is 0 Å². The van der Waals surface area contributed by atoms with Gasteiger partial charge in [0.1, 0.15) is 12.1 Å². The number of benzene rings is 3. The second kappa shape index (κ2) is 9.05. The molecule has 2 N–H and O–H groups in total. The lowest BCUT2D eigenvalue weighted by atomic mass is 9.92. The van der Waals surface area contributed by atoms with E-state index < -0.39 is 24.0 Å². The number of amides is 1. The third-order valence-electron chi connectivity index (χ3n) is 5.09. The van der Waals surface area contributed by atoms with E-state index >= 15 is 0 Å². The molecular weight excluding hydrogens is 366 g/mol. The average molecular weight is 393 g/mol. The van der Waals surface area contributed by atoms with E-state index in [2.05, 4.69) is 11.4 Å². The summed E-state index contributed by atoms with van der Waals surface area (Å²) in [4.78, 5) is 24.9. The highest BCUT2D eigenvalue weighted by Crippen LogP contribution is 2.29. The van der Waals surface area contributed by atoms with Crippen molar-refractivity contribution in [1.29, 1.82) is 0 Å². The highest BCUT2D eigenvalue weighted by molar-refractivity contribution is 6.02. The van der Waals surface area contributed by atoms with Crippen LogP contribution in [0.1, 0.15) is 25.8 Å². The smallest absolute Gasteiger partial charge is 0.328 e. The molecule has 0 bridgehead atoms. The number of ether oxygens (including phenoxy) is 1. The van der Waals surface area contributed by atoms with Gasteiger partial charge in [-0.25, -0.2) is 4.79 Å². The van der Waals surface area contributed by atoms with Crippen LogP contribution in [-0.4, -0.2) is 36.2 Å². The molecule has 3 aromatic rings. The molecule has 0 aliphatic carbocycles. The molecule has 5 nitrogen and oxygen atoms in total. The number of aliphatic hydroxyl groups is 1. The zero-order chi connectivity index (χ0) is 21.0. The summed E-state index contributed by atoms with van der Waals surface area (Å²) in [5.74, 6) is -0.930. The van der Waals surface area contributed by atoms with E-state index in [1.54, 1.807) is 0 Å². The zero-order valence-corrected chi connectivity index (χ0v) is 17.0. The number of rotatable bonds is 7. The highest BCUT2D eigenvalue weighted by atomic mass is 16.5. The normalized spacial score (nSPS) is 13.4. The van der Waals surface area contributed by atoms with Gasteiger partial charge in [0.25, 0.3) is 0 Å². The Bertz CT molecular complexity index is 974. The van der Waals surface area contributed by atoms with Gasteiger partial charge in [-0.1, -0.05) is 62.4 Å². The van der Waals surface area contributed by atoms with Gasteiger partial charge in [-0.05, 0) is 45.5 Å². The monoisotopic (exact) mass is 393 g/mol. The molecule has 0 fully saturated rings. The maximum absolute atomic E-state index is 12.5. The van der Waals surface area contributed by atoms with E-state index in [-0.39, 0.29) is 12.3 Å². The summed E-state index contributed by atoms with van der Waals surface area (Å²) in [6.45, 7) is 3.85. The third kappa shape index (κ3) is 4.74. The fourth-order valence-corrected chi connectivity index (χ4v) is 3.69. The molecule has 152 valence electrons. The largest absolute Gasteiger partial charge is 0.467 e. The molecule has 5 heteroatoms. The standard InChI is InChI=1S/C24H27NO4/c1-15(2)12-22(26)23(27)25-21(24(28)29-3)14-20-18-10-6-4-8-16(18)13-17-9-5-7-11-19(17)20/h4-11,13,15,21-22,26H,12,14H2,1-3H3,(H,25,27)/t21-,22+/m0/s1. The van der Waals surface area contributed by atoms with Gasteiger partial charge >= 0.3 is 5.97 Å². The summed E-state index contributed by atoms with van der Waals surface area (Å²) in [7, 11) is 1.30. The Morgan fingerprint density at radius 1 is 1.00 bits per heavy atom. The molecule has 0 aliphatic rings. The molecule has 0 aliphatic heterocycles. The van der Waals surface area contributed by atoms with Crippen LogP contribution in [0, 0.1) is 5.92 Å². The van der Waals surface area contributed by atoms with Gasteiger partial charge in [-0.2, -0.15) is 0 Å². The molecule has 0 unspecified atom stereocenters. The van der Waals surface area contributed by atoms with Crippen LogP contribution in [0.15, 0.2) is 54.6 Å². The summed E-state index contributed by atoms with van der Waals surface area (Å²) < 4.78 is 4.94. The quantitative estimate of drug-likeness (QED) is 0.475. The minimum atomic E-state index is -1.16. The lowest BCUT2D eigenvalue weighted by Crippen LogP contribution is -2.47. The van der Waals surface area contributed by atoms with Crippen LogP contribution in [0.5, 0.6) is 0 Å². The number of hydrogen-bond donors (Lipinski definition) is 2. The van der Waals surface area contributed by atoms with Gasteiger partial charge < -0.3 is 15.2 Å². The van der Waals surface area contributed by atoms with Gasteiger partial charge in [0.15, 0.2) is 0 Å². The minimum Gasteiger partial charge on any atom is -0.467 e. The van der Waals surface area contributed by atoms with Gasteiger partial charge in [0.05, 0.1) is 7.11 Å². The lowest BCUT2D eigenvalue weighted by Gasteiger charge is -2.21. The molecule has 0 radical (unpaired) electrons. The number of aliphatic hydroxyl groups excluding tert-OH is 1. The number of nitrogens with one attached hydrogen (secondary N) is 1. The third-order valence-corrected chi connectivity index (χ3v) is 5.09.